The number of ether oxygens (including phenoxy) is 2. The van der Waals surface area contributed by atoms with E-state index in [1.54, 1.807) is 21.7 Å². The van der Waals surface area contributed by atoms with Crippen molar-refractivity contribution < 1.29 is 23.9 Å². The van der Waals surface area contributed by atoms with Crippen molar-refractivity contribution in [1.82, 2.24) is 14.7 Å². The first-order chi connectivity index (χ1) is 19.3. The van der Waals surface area contributed by atoms with E-state index in [1.165, 1.54) is 0 Å². The third kappa shape index (κ3) is 6.25. The molecule has 0 unspecified atom stereocenters. The van der Waals surface area contributed by atoms with Crippen LogP contribution in [0.5, 0.6) is 5.75 Å². The van der Waals surface area contributed by atoms with Crippen molar-refractivity contribution >= 4 is 23.4 Å². The lowest BCUT2D eigenvalue weighted by Gasteiger charge is -2.41. The molecule has 0 aromatic heterocycles. The Hall–Kier alpha value is -3.59. The topological polar surface area (TPSA) is 82.6 Å². The van der Waals surface area contributed by atoms with Crippen LogP contribution in [0.4, 0.5) is 5.69 Å². The molecule has 2 aromatic carbocycles. The van der Waals surface area contributed by atoms with Gasteiger partial charge in [0, 0.05) is 75.5 Å². The second-order valence-corrected chi connectivity index (χ2v) is 11.3. The molecule has 214 valence electrons. The third-order valence-corrected chi connectivity index (χ3v) is 8.01. The van der Waals surface area contributed by atoms with Gasteiger partial charge in [0.2, 0.25) is 11.8 Å². The minimum Gasteiger partial charge on any atom is -0.491 e. The minimum atomic E-state index is -0.220. The van der Waals surface area contributed by atoms with Crippen LogP contribution in [-0.4, -0.2) is 105 Å². The Morgan fingerprint density at radius 3 is 2.42 bits per heavy atom. The molecule has 2 aromatic rings. The van der Waals surface area contributed by atoms with Crippen LogP contribution in [0.2, 0.25) is 0 Å². The van der Waals surface area contributed by atoms with Gasteiger partial charge in [-0.2, -0.15) is 0 Å². The van der Waals surface area contributed by atoms with Gasteiger partial charge in [0.1, 0.15) is 12.4 Å². The molecule has 0 radical (unpaired) electrons. The summed E-state index contributed by atoms with van der Waals surface area (Å²) in [4.78, 5) is 46.6. The van der Waals surface area contributed by atoms with Gasteiger partial charge in [-0.1, -0.05) is 26.0 Å². The van der Waals surface area contributed by atoms with Gasteiger partial charge in [0.05, 0.1) is 25.7 Å². The number of carbonyl (C=O) groups is 3. The maximum atomic E-state index is 13.5. The van der Waals surface area contributed by atoms with E-state index in [0.29, 0.717) is 64.5 Å². The highest BCUT2D eigenvalue weighted by Crippen LogP contribution is 2.29. The lowest BCUT2D eigenvalue weighted by molar-refractivity contribution is -0.150. The number of likely N-dealkylation sites (N-methyl/N-ethyl adjacent to an activating group) is 1. The molecule has 0 spiro atoms. The molecule has 9 nitrogen and oxygen atoms in total. The lowest BCUT2D eigenvalue weighted by atomic mass is 9.96. The molecule has 0 aliphatic carbocycles. The highest BCUT2D eigenvalue weighted by atomic mass is 16.5. The Labute approximate surface area is 236 Å². The van der Waals surface area contributed by atoms with Gasteiger partial charge in [-0.25, -0.2) is 0 Å². The number of morpholine rings is 1. The molecule has 0 atom stereocenters. The van der Waals surface area contributed by atoms with E-state index in [-0.39, 0.29) is 29.6 Å². The quantitative estimate of drug-likeness (QED) is 0.587. The summed E-state index contributed by atoms with van der Waals surface area (Å²) in [5.41, 5.74) is 3.84. The Bertz CT molecular complexity index is 1240. The number of hydrogen-bond acceptors (Lipinski definition) is 6. The fourth-order valence-electron chi connectivity index (χ4n) is 5.53. The SMILES string of the molecule is CC(C)C(=O)N1CC(C(=O)N2CCOc3ccc(N4CCOCC4)cc3Cc3cccc(c3)C(=O)N(C)CC2)C1. The summed E-state index contributed by atoms with van der Waals surface area (Å²) in [7, 11) is 1.77. The molecular formula is C31H40N4O5. The zero-order chi connectivity index (χ0) is 28.2. The number of benzene rings is 2. The lowest BCUT2D eigenvalue weighted by Crippen LogP contribution is -2.58. The van der Waals surface area contributed by atoms with Gasteiger partial charge in [-0.15, -0.1) is 0 Å². The van der Waals surface area contributed by atoms with Crippen LogP contribution in [0.3, 0.4) is 0 Å². The summed E-state index contributed by atoms with van der Waals surface area (Å²) in [6, 6.07) is 14.0. The van der Waals surface area contributed by atoms with Crippen molar-refractivity contribution in [2.24, 2.45) is 11.8 Å². The Kier molecular flexibility index (Phi) is 8.59. The van der Waals surface area contributed by atoms with Crippen molar-refractivity contribution in [3.05, 3.63) is 59.2 Å². The molecular weight excluding hydrogens is 508 g/mol. The monoisotopic (exact) mass is 548 g/mol. The molecule has 9 heteroatoms. The number of likely N-dealkylation sites (tertiary alicyclic amines) is 1. The van der Waals surface area contributed by atoms with Gasteiger partial charge in [0.25, 0.3) is 5.91 Å². The van der Waals surface area contributed by atoms with Crippen molar-refractivity contribution in [3.8, 4) is 5.75 Å². The predicted octanol–water partition coefficient (Wildman–Crippen LogP) is 2.52. The minimum absolute atomic E-state index is 0.00855. The van der Waals surface area contributed by atoms with Gasteiger partial charge in [-0.05, 0) is 35.9 Å². The second kappa shape index (κ2) is 12.3. The molecule has 3 aliphatic heterocycles. The molecule has 0 saturated carbocycles. The van der Waals surface area contributed by atoms with Crippen LogP contribution in [0.25, 0.3) is 0 Å². The molecule has 2 saturated heterocycles. The molecule has 2 bridgehead atoms. The van der Waals surface area contributed by atoms with E-state index in [1.807, 2.05) is 44.2 Å². The van der Waals surface area contributed by atoms with Gasteiger partial charge < -0.3 is 29.1 Å². The number of carbonyl (C=O) groups excluding carboxylic acids is 3. The summed E-state index contributed by atoms with van der Waals surface area (Å²) in [5, 5.41) is 0. The Morgan fingerprint density at radius 2 is 1.68 bits per heavy atom. The Balaban J connectivity index is 1.38. The summed E-state index contributed by atoms with van der Waals surface area (Å²) in [5.74, 6) is 0.502. The number of fused-ring (bicyclic) bond motifs is 3. The molecule has 3 aliphatic rings. The number of nitrogens with zero attached hydrogens (tertiary/aromatic N) is 4. The van der Waals surface area contributed by atoms with Gasteiger partial charge in [0.15, 0.2) is 0 Å². The molecule has 3 amide bonds. The van der Waals surface area contributed by atoms with E-state index in [2.05, 4.69) is 17.0 Å². The first-order valence-electron chi connectivity index (χ1n) is 14.3. The van der Waals surface area contributed by atoms with E-state index >= 15 is 0 Å². The van der Waals surface area contributed by atoms with Crippen molar-refractivity contribution in [3.63, 3.8) is 0 Å². The fourth-order valence-corrected chi connectivity index (χ4v) is 5.53. The van der Waals surface area contributed by atoms with E-state index in [0.717, 1.165) is 35.7 Å². The number of anilines is 1. The normalized spacial score (nSPS) is 19.1. The smallest absolute Gasteiger partial charge is 0.253 e. The number of hydrogen-bond donors (Lipinski definition) is 0. The zero-order valence-corrected chi connectivity index (χ0v) is 23.8. The number of amides is 3. The van der Waals surface area contributed by atoms with E-state index < -0.39 is 0 Å². The zero-order valence-electron chi connectivity index (χ0n) is 23.8. The van der Waals surface area contributed by atoms with Crippen LogP contribution in [0.1, 0.15) is 35.3 Å². The molecule has 40 heavy (non-hydrogen) atoms. The first kappa shape index (κ1) is 28.0. The number of rotatable bonds is 3. The van der Waals surface area contributed by atoms with Crippen molar-refractivity contribution in [2.75, 3.05) is 77.6 Å². The molecule has 5 rings (SSSR count). The van der Waals surface area contributed by atoms with Gasteiger partial charge >= 0.3 is 0 Å². The van der Waals surface area contributed by atoms with Crippen LogP contribution in [0, 0.1) is 11.8 Å². The van der Waals surface area contributed by atoms with Crippen molar-refractivity contribution in [2.45, 2.75) is 20.3 Å². The average molecular weight is 549 g/mol. The largest absolute Gasteiger partial charge is 0.491 e. The Morgan fingerprint density at radius 1 is 0.900 bits per heavy atom. The molecule has 3 heterocycles. The van der Waals surface area contributed by atoms with Crippen LogP contribution >= 0.6 is 0 Å². The highest BCUT2D eigenvalue weighted by Gasteiger charge is 2.38. The van der Waals surface area contributed by atoms with E-state index in [9.17, 15) is 14.4 Å². The maximum absolute atomic E-state index is 13.5. The highest BCUT2D eigenvalue weighted by molar-refractivity contribution is 5.94. The fraction of sp³-hybridized carbons (Fsp3) is 0.516. The summed E-state index contributed by atoms with van der Waals surface area (Å²) < 4.78 is 11.8. The molecule has 2 fully saturated rings. The second-order valence-electron chi connectivity index (χ2n) is 11.3. The first-order valence-corrected chi connectivity index (χ1v) is 14.3. The van der Waals surface area contributed by atoms with Crippen LogP contribution in [-0.2, 0) is 20.7 Å². The summed E-state index contributed by atoms with van der Waals surface area (Å²) in [6.45, 7) is 9.31. The summed E-state index contributed by atoms with van der Waals surface area (Å²) in [6.07, 6.45) is 0.628. The molecule has 0 N–H and O–H groups in total. The predicted molar refractivity (Wildman–Crippen MR) is 153 cm³/mol. The van der Waals surface area contributed by atoms with Crippen molar-refractivity contribution in [1.29, 1.82) is 0 Å². The van der Waals surface area contributed by atoms with Gasteiger partial charge in [-0.3, -0.25) is 14.4 Å². The third-order valence-electron chi connectivity index (χ3n) is 8.01. The average Bonchev–Trinajstić information content (AvgIpc) is 2.94. The van der Waals surface area contributed by atoms with E-state index in [4.69, 9.17) is 9.47 Å². The van der Waals surface area contributed by atoms with Crippen LogP contribution in [0.15, 0.2) is 42.5 Å². The van der Waals surface area contributed by atoms with Crippen LogP contribution < -0.4 is 9.64 Å². The summed E-state index contributed by atoms with van der Waals surface area (Å²) >= 11 is 0. The maximum Gasteiger partial charge on any atom is 0.253 e. The standard InChI is InChI=1S/C31H40N4O5/c1-22(2)29(36)35-20-26(21-35)31(38)34-10-9-32(3)30(37)24-6-4-5-23(17-24)18-25-19-27(33-11-14-39-15-12-33)7-8-28(25)40-16-13-34/h4-8,17,19,22,26H,9-16,18,20-21H2,1-3H3.